The van der Waals surface area contributed by atoms with Gasteiger partial charge in [0.25, 0.3) is 0 Å². The molecule has 1 heterocycles. The molecule has 0 saturated heterocycles. The van der Waals surface area contributed by atoms with E-state index >= 15 is 4.79 Å². The third-order valence-corrected chi connectivity index (χ3v) is 17.6. The molecule has 0 aromatic rings. The number of esters is 4. The van der Waals surface area contributed by atoms with Crippen molar-refractivity contribution < 1.29 is 57.6 Å². The minimum absolute atomic E-state index is 0.0172. The highest BCUT2D eigenvalue weighted by molar-refractivity contribution is 5.88. The van der Waals surface area contributed by atoms with Crippen LogP contribution in [0.25, 0.3) is 0 Å². The van der Waals surface area contributed by atoms with Crippen LogP contribution in [0.3, 0.4) is 0 Å². The molecule has 62 heavy (non-hydrogen) atoms. The molecular weight excluding hydrogens is 797 g/mol. The minimum atomic E-state index is -1.54. The lowest BCUT2D eigenvalue weighted by Crippen LogP contribution is -2.68. The van der Waals surface area contributed by atoms with Crippen molar-refractivity contribution in [3.8, 4) is 0 Å². The smallest absolute Gasteiger partial charge is 0.373 e. The Hall–Kier alpha value is -3.94. The molecule has 0 bridgehead atoms. The van der Waals surface area contributed by atoms with Crippen LogP contribution in [0.4, 0.5) is 0 Å². The number of allylic oxidation sites excluding steroid dienone is 1. The van der Waals surface area contributed by atoms with Gasteiger partial charge in [-0.05, 0) is 128 Å². The van der Waals surface area contributed by atoms with E-state index in [0.717, 1.165) is 77.7 Å². The standard InChI is InChI=1S/C48H72N2O12/c1-25(2)30-15-20-48(22-21-46(10)31(38(30)48)13-14-36-45(9)18-17-37(55)44(7,8)35(45)16-19-47(36,46)11)43(57)50-32-23-33(42(56)58-12)62-41(39(32)49-26(3)51)40(61-29(6)54)34(60-28(5)53)24-59-27(4)52/h23,30-32,34-41,55H,1,13-22,24H2,2-12H3,(H,49,51)(H,50,57)/t30-,31+,32-,34+,35-,36+,37-,38+,39+,40+,41+,45-,46+,47+,48-/m0/s1. The lowest BCUT2D eigenvalue weighted by molar-refractivity contribution is -0.246. The zero-order valence-electron chi connectivity index (χ0n) is 38.9. The van der Waals surface area contributed by atoms with Gasteiger partial charge < -0.3 is 39.4 Å². The van der Waals surface area contributed by atoms with E-state index < -0.39 is 72.2 Å². The van der Waals surface area contributed by atoms with Gasteiger partial charge in [-0.1, -0.05) is 46.8 Å². The summed E-state index contributed by atoms with van der Waals surface area (Å²) in [5, 5.41) is 17.3. The van der Waals surface area contributed by atoms with Crippen LogP contribution in [0.5, 0.6) is 0 Å². The maximum atomic E-state index is 15.5. The Morgan fingerprint density at radius 3 is 2.08 bits per heavy atom. The fraction of sp³-hybridized carbons (Fsp3) is 0.792. The number of fused-ring (bicyclic) bond motifs is 7. The minimum Gasteiger partial charge on any atom is -0.477 e. The molecule has 6 rings (SSSR count). The molecular formula is C48H72N2O12. The first-order valence-corrected chi connectivity index (χ1v) is 22.7. The number of amides is 2. The van der Waals surface area contributed by atoms with Crippen LogP contribution in [0.1, 0.15) is 133 Å². The summed E-state index contributed by atoms with van der Waals surface area (Å²) in [6.45, 7) is 22.8. The Balaban J connectivity index is 1.39. The Morgan fingerprint density at radius 1 is 0.806 bits per heavy atom. The monoisotopic (exact) mass is 869 g/mol. The number of hydrogen-bond acceptors (Lipinski definition) is 12. The molecule has 0 spiro atoms. The molecule has 0 radical (unpaired) electrons. The van der Waals surface area contributed by atoms with E-state index in [2.05, 4.69) is 58.8 Å². The van der Waals surface area contributed by atoms with Crippen molar-refractivity contribution in [2.75, 3.05) is 13.7 Å². The van der Waals surface area contributed by atoms with Crippen LogP contribution in [-0.2, 0) is 52.5 Å². The van der Waals surface area contributed by atoms with Gasteiger partial charge in [-0.25, -0.2) is 4.79 Å². The second-order valence-corrected chi connectivity index (χ2v) is 21.1. The molecule has 0 unspecified atom stereocenters. The highest BCUT2D eigenvalue weighted by Gasteiger charge is 2.72. The van der Waals surface area contributed by atoms with Gasteiger partial charge in [0.15, 0.2) is 18.3 Å². The second-order valence-electron chi connectivity index (χ2n) is 21.1. The fourth-order valence-corrected chi connectivity index (χ4v) is 14.7. The van der Waals surface area contributed by atoms with E-state index in [1.54, 1.807) is 0 Å². The van der Waals surface area contributed by atoms with Crippen LogP contribution in [-0.4, -0.2) is 91.0 Å². The maximum Gasteiger partial charge on any atom is 0.373 e. The van der Waals surface area contributed by atoms with E-state index in [0.29, 0.717) is 24.7 Å². The number of rotatable bonds is 11. The number of aliphatic hydroxyl groups is 1. The van der Waals surface area contributed by atoms with Crippen LogP contribution in [0.2, 0.25) is 0 Å². The van der Waals surface area contributed by atoms with Gasteiger partial charge in [0.1, 0.15) is 6.61 Å². The van der Waals surface area contributed by atoms with Crippen molar-refractivity contribution in [1.29, 1.82) is 0 Å². The average Bonchev–Trinajstić information content (AvgIpc) is 3.59. The van der Waals surface area contributed by atoms with E-state index in [4.69, 9.17) is 23.7 Å². The zero-order chi connectivity index (χ0) is 45.9. The van der Waals surface area contributed by atoms with Crippen molar-refractivity contribution in [3.63, 3.8) is 0 Å². The third kappa shape index (κ3) is 7.97. The fourth-order valence-electron chi connectivity index (χ4n) is 14.7. The first-order chi connectivity index (χ1) is 28.9. The SMILES string of the molecule is C=C(C)[C@@H]1CC[C@]2(C(=O)N[C@H]3C=C(C(=O)OC)O[C@@H]([C@H](OC(C)=O)[C@@H](COC(C)=O)OC(C)=O)[C@@H]3NC(C)=O)CC[C@]3(C)[C@H](CC[C@@H]4[C@@]5(C)CC[C@H](O)C(C)(C)[C@@H]5CC[C@]43C)[C@@H]12. The van der Waals surface area contributed by atoms with Crippen molar-refractivity contribution in [1.82, 2.24) is 10.6 Å². The number of hydrogen-bond donors (Lipinski definition) is 3. The van der Waals surface area contributed by atoms with Gasteiger partial charge in [-0.15, -0.1) is 0 Å². The summed E-state index contributed by atoms with van der Waals surface area (Å²) in [7, 11) is 1.17. The number of methoxy groups -OCH3 is 1. The number of ether oxygens (including phenoxy) is 5. The molecule has 5 fully saturated rings. The number of carbonyl (C=O) groups is 6. The molecule has 15 atom stereocenters. The highest BCUT2D eigenvalue weighted by Crippen LogP contribution is 2.77. The van der Waals surface area contributed by atoms with Crippen LogP contribution < -0.4 is 10.6 Å². The summed E-state index contributed by atoms with van der Waals surface area (Å²) in [6.07, 6.45) is 5.62. The van der Waals surface area contributed by atoms with Crippen molar-refractivity contribution in [3.05, 3.63) is 24.0 Å². The molecule has 0 aromatic heterocycles. The first-order valence-electron chi connectivity index (χ1n) is 22.7. The Labute approximate surface area is 367 Å². The number of carbonyl (C=O) groups excluding carboxylic acids is 6. The Kier molecular flexibility index (Phi) is 13.2. The van der Waals surface area contributed by atoms with Gasteiger partial charge in [0.2, 0.25) is 17.6 Å². The highest BCUT2D eigenvalue weighted by atomic mass is 16.6. The summed E-state index contributed by atoms with van der Waals surface area (Å²) in [5.74, 6) is -3.00. The van der Waals surface area contributed by atoms with Crippen molar-refractivity contribution in [2.45, 2.75) is 170 Å². The molecule has 14 heteroatoms. The van der Waals surface area contributed by atoms with E-state index in [1.165, 1.54) is 20.1 Å². The molecule has 5 saturated carbocycles. The summed E-state index contributed by atoms with van der Waals surface area (Å²) in [5.41, 5.74) is 0.144. The van der Waals surface area contributed by atoms with Crippen LogP contribution in [0.15, 0.2) is 24.0 Å². The van der Waals surface area contributed by atoms with E-state index in [-0.39, 0.29) is 57.2 Å². The van der Waals surface area contributed by atoms with Crippen molar-refractivity contribution >= 4 is 35.7 Å². The summed E-state index contributed by atoms with van der Waals surface area (Å²) in [6, 6.07) is -2.26. The maximum absolute atomic E-state index is 15.5. The summed E-state index contributed by atoms with van der Waals surface area (Å²) < 4.78 is 27.7. The lowest BCUT2D eigenvalue weighted by atomic mass is 9.32. The topological polar surface area (TPSA) is 193 Å². The third-order valence-electron chi connectivity index (χ3n) is 17.6. The lowest BCUT2D eigenvalue weighted by Gasteiger charge is -2.72. The normalized spacial score (nSPS) is 40.1. The molecule has 14 nitrogen and oxygen atoms in total. The largest absolute Gasteiger partial charge is 0.477 e. The quantitative estimate of drug-likeness (QED) is 0.127. The van der Waals surface area contributed by atoms with Crippen molar-refractivity contribution in [2.24, 2.45) is 56.7 Å². The molecule has 1 aliphatic heterocycles. The molecule has 3 N–H and O–H groups in total. The van der Waals surface area contributed by atoms with Gasteiger partial charge in [0.05, 0.1) is 30.7 Å². The van der Waals surface area contributed by atoms with Gasteiger partial charge in [-0.2, -0.15) is 0 Å². The molecule has 346 valence electrons. The zero-order valence-corrected chi connectivity index (χ0v) is 38.9. The number of nitrogens with one attached hydrogen (secondary N) is 2. The van der Waals surface area contributed by atoms with Crippen LogP contribution in [0, 0.1) is 56.7 Å². The van der Waals surface area contributed by atoms with Gasteiger partial charge >= 0.3 is 23.9 Å². The average molecular weight is 869 g/mol. The van der Waals surface area contributed by atoms with E-state index in [1.807, 2.05) is 0 Å². The first kappa shape index (κ1) is 47.5. The second kappa shape index (κ2) is 17.2. The van der Waals surface area contributed by atoms with Gasteiger partial charge in [0, 0.05) is 27.7 Å². The number of aliphatic hydroxyl groups excluding tert-OH is 1. The van der Waals surface area contributed by atoms with Gasteiger partial charge in [-0.3, -0.25) is 24.0 Å². The summed E-state index contributed by atoms with van der Waals surface area (Å²) in [4.78, 5) is 78.8. The van der Waals surface area contributed by atoms with Crippen LogP contribution >= 0.6 is 0 Å². The Bertz CT molecular complexity index is 1860. The molecule has 5 aliphatic carbocycles. The van der Waals surface area contributed by atoms with E-state index in [9.17, 15) is 29.1 Å². The molecule has 2 amide bonds. The molecule has 0 aromatic carbocycles. The predicted molar refractivity (Wildman–Crippen MR) is 227 cm³/mol. The predicted octanol–water partition coefficient (Wildman–Crippen LogP) is 5.88. The molecule has 6 aliphatic rings. The summed E-state index contributed by atoms with van der Waals surface area (Å²) >= 11 is 0. The Morgan fingerprint density at radius 2 is 1.48 bits per heavy atom.